The van der Waals surface area contributed by atoms with Gasteiger partial charge in [-0.15, -0.1) is 11.3 Å². The number of anilines is 1. The molecule has 1 aliphatic carbocycles. The van der Waals surface area contributed by atoms with E-state index in [1.165, 1.54) is 23.5 Å². The van der Waals surface area contributed by atoms with Gasteiger partial charge in [0.2, 0.25) is 0 Å². The Labute approximate surface area is 149 Å². The quantitative estimate of drug-likeness (QED) is 0.651. The lowest BCUT2D eigenvalue weighted by Crippen LogP contribution is -2.13. The van der Waals surface area contributed by atoms with Crippen molar-refractivity contribution >= 4 is 28.3 Å². The zero-order chi connectivity index (χ0) is 17.8. The van der Waals surface area contributed by atoms with Crippen molar-refractivity contribution in [1.29, 1.82) is 10.5 Å². The molecule has 0 bridgehead atoms. The van der Waals surface area contributed by atoms with E-state index in [2.05, 4.69) is 11.4 Å². The van der Waals surface area contributed by atoms with Gasteiger partial charge in [-0.1, -0.05) is 18.2 Å². The monoisotopic (exact) mass is 349 g/mol. The second kappa shape index (κ2) is 7.21. The highest BCUT2D eigenvalue weighted by Gasteiger charge is 2.22. The summed E-state index contributed by atoms with van der Waals surface area (Å²) in [5.41, 5.74) is 1.79. The van der Waals surface area contributed by atoms with E-state index in [1.807, 2.05) is 6.07 Å². The Morgan fingerprint density at radius 1 is 1.24 bits per heavy atom. The number of para-hydroxylation sites is 1. The van der Waals surface area contributed by atoms with Crippen molar-refractivity contribution in [3.8, 4) is 17.9 Å². The smallest absolute Gasteiger partial charge is 0.266 e. The van der Waals surface area contributed by atoms with Crippen LogP contribution >= 0.6 is 11.3 Å². The third-order valence-electron chi connectivity index (χ3n) is 4.11. The number of hydrogen-bond donors (Lipinski definition) is 2. The predicted octanol–water partition coefficient (Wildman–Crippen LogP) is 3.75. The molecule has 0 radical (unpaired) electrons. The fourth-order valence-corrected chi connectivity index (χ4v) is 4.09. The number of rotatable bonds is 3. The van der Waals surface area contributed by atoms with E-state index in [9.17, 15) is 20.4 Å². The summed E-state index contributed by atoms with van der Waals surface area (Å²) in [4.78, 5) is 13.6. The number of hydrogen-bond acceptors (Lipinski definition) is 5. The summed E-state index contributed by atoms with van der Waals surface area (Å²) in [6.07, 6.45) is 5.24. The molecule has 0 saturated heterocycles. The molecule has 124 valence electrons. The SMILES string of the molecule is N#CC(=Cc1ccccc1O)C(=O)Nc1sc2c(c1C#N)CCCC2. The number of phenols is 1. The molecule has 0 unspecified atom stereocenters. The van der Waals surface area contributed by atoms with Gasteiger partial charge in [0.05, 0.1) is 5.56 Å². The van der Waals surface area contributed by atoms with E-state index in [1.54, 1.807) is 18.2 Å². The Morgan fingerprint density at radius 3 is 2.72 bits per heavy atom. The van der Waals surface area contributed by atoms with Crippen molar-refractivity contribution in [2.75, 3.05) is 5.32 Å². The largest absolute Gasteiger partial charge is 0.507 e. The Morgan fingerprint density at radius 2 is 2.00 bits per heavy atom. The maximum absolute atomic E-state index is 12.5. The normalized spacial score (nSPS) is 13.4. The van der Waals surface area contributed by atoms with Gasteiger partial charge in [0.25, 0.3) is 5.91 Å². The van der Waals surface area contributed by atoms with Crippen LogP contribution < -0.4 is 5.32 Å². The first-order chi connectivity index (χ1) is 12.1. The lowest BCUT2D eigenvalue weighted by molar-refractivity contribution is -0.112. The van der Waals surface area contributed by atoms with E-state index in [-0.39, 0.29) is 11.3 Å². The molecule has 0 fully saturated rings. The zero-order valence-electron chi connectivity index (χ0n) is 13.4. The number of nitriles is 2. The van der Waals surface area contributed by atoms with Gasteiger partial charge >= 0.3 is 0 Å². The first-order valence-corrected chi connectivity index (χ1v) is 8.71. The van der Waals surface area contributed by atoms with E-state index < -0.39 is 5.91 Å². The highest BCUT2D eigenvalue weighted by molar-refractivity contribution is 7.16. The van der Waals surface area contributed by atoms with Crippen molar-refractivity contribution in [2.45, 2.75) is 25.7 Å². The highest BCUT2D eigenvalue weighted by atomic mass is 32.1. The maximum Gasteiger partial charge on any atom is 0.266 e. The minimum atomic E-state index is -0.583. The van der Waals surface area contributed by atoms with Crippen molar-refractivity contribution in [3.63, 3.8) is 0 Å². The number of carbonyl (C=O) groups is 1. The number of benzene rings is 1. The highest BCUT2D eigenvalue weighted by Crippen LogP contribution is 2.37. The lowest BCUT2D eigenvalue weighted by atomic mass is 9.96. The summed E-state index contributed by atoms with van der Waals surface area (Å²) in [6, 6.07) is 10.5. The first kappa shape index (κ1) is 16.8. The zero-order valence-corrected chi connectivity index (χ0v) is 14.2. The molecule has 6 heteroatoms. The van der Waals surface area contributed by atoms with Crippen LogP contribution in [-0.4, -0.2) is 11.0 Å². The molecule has 1 aromatic carbocycles. The minimum Gasteiger partial charge on any atom is -0.507 e. The Kier molecular flexibility index (Phi) is 4.83. The van der Waals surface area contributed by atoms with Crippen LogP contribution in [0.1, 0.15) is 34.4 Å². The van der Waals surface area contributed by atoms with Gasteiger partial charge in [-0.3, -0.25) is 4.79 Å². The summed E-state index contributed by atoms with van der Waals surface area (Å²) >= 11 is 1.41. The van der Waals surface area contributed by atoms with E-state index in [4.69, 9.17) is 0 Å². The molecule has 0 atom stereocenters. The standard InChI is InChI=1S/C19H15N3O2S/c20-10-13(9-12-5-1-3-7-16(12)23)18(24)22-19-15(11-21)14-6-2-4-8-17(14)25-19/h1,3,5,7,9,23H,2,4,6,8H2,(H,22,24). The predicted molar refractivity (Wildman–Crippen MR) is 96.0 cm³/mol. The van der Waals surface area contributed by atoms with Crippen LogP contribution in [0.5, 0.6) is 5.75 Å². The molecule has 2 N–H and O–H groups in total. The Bertz CT molecular complexity index is 945. The molecular formula is C19H15N3O2S. The Hall–Kier alpha value is -3.09. The van der Waals surface area contributed by atoms with Gasteiger partial charge in [0.15, 0.2) is 0 Å². The molecule has 1 heterocycles. The number of phenolic OH excluding ortho intramolecular Hbond substituents is 1. The summed E-state index contributed by atoms with van der Waals surface area (Å²) < 4.78 is 0. The molecule has 2 aromatic rings. The van der Waals surface area contributed by atoms with Crippen LogP contribution in [0.4, 0.5) is 5.00 Å². The van der Waals surface area contributed by atoms with E-state index in [0.717, 1.165) is 36.1 Å². The third-order valence-corrected chi connectivity index (χ3v) is 5.32. The summed E-state index contributed by atoms with van der Waals surface area (Å²) in [5, 5.41) is 31.7. The van der Waals surface area contributed by atoms with Gasteiger partial charge < -0.3 is 10.4 Å². The molecule has 1 aliphatic rings. The second-order valence-electron chi connectivity index (χ2n) is 5.71. The van der Waals surface area contributed by atoms with Crippen molar-refractivity contribution in [2.24, 2.45) is 0 Å². The molecule has 1 amide bonds. The molecule has 0 saturated carbocycles. The Balaban J connectivity index is 1.89. The van der Waals surface area contributed by atoms with Gasteiger partial charge in [-0.25, -0.2) is 0 Å². The van der Waals surface area contributed by atoms with Crippen molar-refractivity contribution in [1.82, 2.24) is 0 Å². The third kappa shape index (κ3) is 3.40. The molecular weight excluding hydrogens is 334 g/mol. The fraction of sp³-hybridized carbons (Fsp3) is 0.211. The van der Waals surface area contributed by atoms with E-state index >= 15 is 0 Å². The summed E-state index contributed by atoms with van der Waals surface area (Å²) in [6.45, 7) is 0. The minimum absolute atomic E-state index is 0.00708. The number of carbonyl (C=O) groups excluding carboxylic acids is 1. The number of nitrogens with one attached hydrogen (secondary N) is 1. The van der Waals surface area contributed by atoms with Crippen LogP contribution in [0.15, 0.2) is 29.8 Å². The molecule has 3 rings (SSSR count). The molecule has 0 spiro atoms. The second-order valence-corrected chi connectivity index (χ2v) is 6.81. The van der Waals surface area contributed by atoms with Gasteiger partial charge in [0, 0.05) is 10.4 Å². The van der Waals surface area contributed by atoms with Gasteiger partial charge in [0.1, 0.15) is 28.5 Å². The number of thiophene rings is 1. The molecule has 0 aliphatic heterocycles. The molecule has 1 aromatic heterocycles. The van der Waals surface area contributed by atoms with Crippen LogP contribution in [0.25, 0.3) is 6.08 Å². The summed E-state index contributed by atoms with van der Waals surface area (Å²) in [7, 11) is 0. The van der Waals surface area contributed by atoms with Crippen LogP contribution in [-0.2, 0) is 17.6 Å². The van der Waals surface area contributed by atoms with Crippen LogP contribution in [0.3, 0.4) is 0 Å². The number of nitrogens with zero attached hydrogens (tertiary/aromatic N) is 2. The van der Waals surface area contributed by atoms with Gasteiger partial charge in [-0.05, 0) is 43.4 Å². The number of aromatic hydroxyl groups is 1. The average Bonchev–Trinajstić information content (AvgIpc) is 2.97. The number of fused-ring (bicyclic) bond motifs is 1. The van der Waals surface area contributed by atoms with Gasteiger partial charge in [-0.2, -0.15) is 10.5 Å². The lowest BCUT2D eigenvalue weighted by Gasteiger charge is -2.09. The first-order valence-electron chi connectivity index (χ1n) is 7.90. The number of aryl methyl sites for hydroxylation is 1. The van der Waals surface area contributed by atoms with Crippen LogP contribution in [0, 0.1) is 22.7 Å². The average molecular weight is 349 g/mol. The molecule has 5 nitrogen and oxygen atoms in total. The maximum atomic E-state index is 12.5. The number of amides is 1. The van der Waals surface area contributed by atoms with Crippen molar-refractivity contribution in [3.05, 3.63) is 51.4 Å². The van der Waals surface area contributed by atoms with Crippen molar-refractivity contribution < 1.29 is 9.90 Å². The van der Waals surface area contributed by atoms with Crippen LogP contribution in [0.2, 0.25) is 0 Å². The fourth-order valence-electron chi connectivity index (χ4n) is 2.86. The topological polar surface area (TPSA) is 96.9 Å². The summed E-state index contributed by atoms with van der Waals surface area (Å²) in [5.74, 6) is -0.590. The van der Waals surface area contributed by atoms with E-state index in [0.29, 0.717) is 16.1 Å². The molecule has 25 heavy (non-hydrogen) atoms.